The van der Waals surface area contributed by atoms with E-state index in [0.717, 1.165) is 25.7 Å². The lowest BCUT2D eigenvalue weighted by atomic mass is 9.92. The Kier molecular flexibility index (Phi) is 6.22. The molecule has 0 bridgehead atoms. The molecule has 0 atom stereocenters. The summed E-state index contributed by atoms with van der Waals surface area (Å²) in [7, 11) is 1.32. The first-order valence-corrected chi connectivity index (χ1v) is 9.11. The number of pyridine rings is 1. The highest BCUT2D eigenvalue weighted by Gasteiger charge is 2.24. The summed E-state index contributed by atoms with van der Waals surface area (Å²) in [6.45, 7) is 0. The average molecular weight is 379 g/mol. The minimum absolute atomic E-state index is 0.0490. The third-order valence-electron chi connectivity index (χ3n) is 4.73. The molecule has 1 aliphatic rings. The number of esters is 1. The van der Waals surface area contributed by atoms with Crippen molar-refractivity contribution in [2.24, 2.45) is 0 Å². The molecular weight excluding hydrogens is 358 g/mol. The normalized spacial score (nSPS) is 18.6. The molecular formula is C21H21N3O4. The number of benzene rings is 1. The lowest BCUT2D eigenvalue weighted by Gasteiger charge is -2.29. The predicted molar refractivity (Wildman–Crippen MR) is 101 cm³/mol. The number of carbonyl (C=O) groups excluding carboxylic acids is 2. The van der Waals surface area contributed by atoms with Crippen molar-refractivity contribution in [1.82, 2.24) is 10.3 Å². The smallest absolute Gasteiger partial charge is 0.337 e. The Morgan fingerprint density at radius 3 is 2.32 bits per heavy atom. The minimum atomic E-state index is -0.429. The molecule has 7 heteroatoms. The molecule has 0 radical (unpaired) electrons. The van der Waals surface area contributed by atoms with Crippen LogP contribution >= 0.6 is 0 Å². The van der Waals surface area contributed by atoms with Crippen LogP contribution in [0.5, 0.6) is 5.88 Å². The number of carbonyl (C=O) groups is 2. The Hall–Kier alpha value is -3.40. The number of nitriles is 1. The van der Waals surface area contributed by atoms with Crippen LogP contribution in [0.25, 0.3) is 0 Å². The van der Waals surface area contributed by atoms with Crippen molar-refractivity contribution in [3.63, 3.8) is 0 Å². The van der Waals surface area contributed by atoms with Gasteiger partial charge in [-0.2, -0.15) is 5.26 Å². The van der Waals surface area contributed by atoms with Crippen LogP contribution in [0.3, 0.4) is 0 Å². The number of ether oxygens (including phenoxy) is 2. The number of rotatable bonds is 5. The highest BCUT2D eigenvalue weighted by atomic mass is 16.5. The molecule has 28 heavy (non-hydrogen) atoms. The monoisotopic (exact) mass is 379 g/mol. The van der Waals surface area contributed by atoms with Gasteiger partial charge in [0.05, 0.1) is 18.2 Å². The molecule has 1 saturated carbocycles. The molecule has 7 nitrogen and oxygen atoms in total. The molecule has 1 fully saturated rings. The first-order valence-electron chi connectivity index (χ1n) is 9.11. The molecule has 0 aliphatic heterocycles. The first-order chi connectivity index (χ1) is 13.6. The maximum absolute atomic E-state index is 12.4. The van der Waals surface area contributed by atoms with Crippen molar-refractivity contribution >= 4 is 11.9 Å². The molecule has 0 saturated heterocycles. The Morgan fingerprint density at radius 2 is 1.75 bits per heavy atom. The molecule has 1 amide bonds. The van der Waals surface area contributed by atoms with E-state index in [0.29, 0.717) is 22.6 Å². The molecule has 0 spiro atoms. The van der Waals surface area contributed by atoms with E-state index in [-0.39, 0.29) is 18.1 Å². The van der Waals surface area contributed by atoms with Crippen LogP contribution in [-0.2, 0) is 4.74 Å². The van der Waals surface area contributed by atoms with Gasteiger partial charge in [0, 0.05) is 23.9 Å². The van der Waals surface area contributed by atoms with Crippen LogP contribution in [-0.4, -0.2) is 36.1 Å². The third-order valence-corrected chi connectivity index (χ3v) is 4.73. The number of nitrogens with zero attached hydrogens (tertiary/aromatic N) is 2. The average Bonchev–Trinajstić information content (AvgIpc) is 2.75. The lowest BCUT2D eigenvalue weighted by Crippen LogP contribution is -2.39. The van der Waals surface area contributed by atoms with Crippen LogP contribution in [0.2, 0.25) is 0 Å². The Morgan fingerprint density at radius 1 is 1.07 bits per heavy atom. The number of aromatic nitrogens is 1. The second-order valence-electron chi connectivity index (χ2n) is 6.63. The summed E-state index contributed by atoms with van der Waals surface area (Å²) in [5.41, 5.74) is 1.42. The standard InChI is InChI=1S/C21H21N3O4/c1-27-21(26)16-5-3-15(4-6-16)20(25)24-17-7-9-18(10-8-17)28-19-11-2-14(12-22)13-23-19/h2-6,11,13,17-18H,7-10H2,1H3,(H,24,25). The molecule has 1 N–H and O–H groups in total. The van der Waals surface area contributed by atoms with Crippen molar-refractivity contribution in [2.45, 2.75) is 37.8 Å². The Balaban J connectivity index is 1.47. The van der Waals surface area contributed by atoms with Crippen molar-refractivity contribution in [3.05, 3.63) is 59.3 Å². The van der Waals surface area contributed by atoms with Gasteiger partial charge >= 0.3 is 5.97 Å². The summed E-state index contributed by atoms with van der Waals surface area (Å²) in [5.74, 6) is -0.0752. The zero-order valence-electron chi connectivity index (χ0n) is 15.6. The van der Waals surface area contributed by atoms with Gasteiger partial charge in [0.25, 0.3) is 5.91 Å². The van der Waals surface area contributed by atoms with Crippen molar-refractivity contribution in [3.8, 4) is 11.9 Å². The van der Waals surface area contributed by atoms with Gasteiger partial charge in [0.1, 0.15) is 12.2 Å². The molecule has 0 unspecified atom stereocenters. The van der Waals surface area contributed by atoms with E-state index in [4.69, 9.17) is 10.00 Å². The summed E-state index contributed by atoms with van der Waals surface area (Å²) in [4.78, 5) is 28.0. The Labute approximate surface area is 163 Å². The third kappa shape index (κ3) is 4.86. The van der Waals surface area contributed by atoms with E-state index in [1.807, 2.05) is 6.07 Å². The van der Waals surface area contributed by atoms with E-state index in [2.05, 4.69) is 15.0 Å². The lowest BCUT2D eigenvalue weighted by molar-refractivity contribution is 0.0600. The topological polar surface area (TPSA) is 101 Å². The second-order valence-corrected chi connectivity index (χ2v) is 6.63. The van der Waals surface area contributed by atoms with E-state index in [1.165, 1.54) is 13.3 Å². The van der Waals surface area contributed by atoms with Crippen molar-refractivity contribution in [2.75, 3.05) is 7.11 Å². The van der Waals surface area contributed by atoms with Crippen LogP contribution in [0.1, 0.15) is 52.0 Å². The quantitative estimate of drug-likeness (QED) is 0.802. The summed E-state index contributed by atoms with van der Waals surface area (Å²) < 4.78 is 10.5. The largest absolute Gasteiger partial charge is 0.474 e. The van der Waals surface area contributed by atoms with E-state index in [9.17, 15) is 9.59 Å². The molecule has 144 valence electrons. The fourth-order valence-corrected chi connectivity index (χ4v) is 3.16. The fourth-order valence-electron chi connectivity index (χ4n) is 3.16. The molecule has 1 aromatic carbocycles. The van der Waals surface area contributed by atoms with Gasteiger partial charge in [-0.1, -0.05) is 0 Å². The van der Waals surface area contributed by atoms with Crippen LogP contribution in [0, 0.1) is 11.3 Å². The number of methoxy groups -OCH3 is 1. The number of nitrogens with one attached hydrogen (secondary N) is 1. The van der Waals surface area contributed by atoms with Gasteiger partial charge in [-0.3, -0.25) is 4.79 Å². The van der Waals surface area contributed by atoms with Gasteiger partial charge in [-0.05, 0) is 56.0 Å². The second kappa shape index (κ2) is 9.00. The van der Waals surface area contributed by atoms with E-state index >= 15 is 0 Å². The van der Waals surface area contributed by atoms with Crippen LogP contribution in [0.4, 0.5) is 0 Å². The highest BCUT2D eigenvalue weighted by Crippen LogP contribution is 2.23. The maximum Gasteiger partial charge on any atom is 0.337 e. The molecule has 3 rings (SSSR count). The van der Waals surface area contributed by atoms with Crippen LogP contribution in [0.15, 0.2) is 42.6 Å². The van der Waals surface area contributed by atoms with Crippen molar-refractivity contribution in [1.29, 1.82) is 5.26 Å². The molecule has 1 heterocycles. The SMILES string of the molecule is COC(=O)c1ccc(C(=O)NC2CCC(Oc3ccc(C#N)cn3)CC2)cc1. The summed E-state index contributed by atoms with van der Waals surface area (Å²) in [6.07, 6.45) is 4.79. The fraction of sp³-hybridized carbons (Fsp3) is 0.333. The first kappa shape index (κ1) is 19.4. The van der Waals surface area contributed by atoms with Gasteiger partial charge in [-0.25, -0.2) is 9.78 Å². The van der Waals surface area contributed by atoms with Gasteiger partial charge in [0.2, 0.25) is 5.88 Å². The molecule has 1 aromatic heterocycles. The number of hydrogen-bond donors (Lipinski definition) is 1. The van der Waals surface area contributed by atoms with Gasteiger partial charge in [-0.15, -0.1) is 0 Å². The zero-order chi connectivity index (χ0) is 19.9. The van der Waals surface area contributed by atoms with E-state index in [1.54, 1.807) is 36.4 Å². The van der Waals surface area contributed by atoms with E-state index < -0.39 is 5.97 Å². The van der Waals surface area contributed by atoms with Crippen molar-refractivity contribution < 1.29 is 19.1 Å². The number of hydrogen-bond acceptors (Lipinski definition) is 6. The summed E-state index contributed by atoms with van der Waals surface area (Å²) in [5, 5.41) is 11.8. The van der Waals surface area contributed by atoms with Gasteiger partial charge < -0.3 is 14.8 Å². The van der Waals surface area contributed by atoms with Gasteiger partial charge in [0.15, 0.2) is 0 Å². The highest BCUT2D eigenvalue weighted by molar-refractivity contribution is 5.96. The zero-order valence-corrected chi connectivity index (χ0v) is 15.6. The molecule has 2 aromatic rings. The maximum atomic E-state index is 12.4. The Bertz CT molecular complexity index is 864. The number of amides is 1. The summed E-state index contributed by atoms with van der Waals surface area (Å²) in [6, 6.07) is 11.9. The summed E-state index contributed by atoms with van der Waals surface area (Å²) >= 11 is 0. The predicted octanol–water partition coefficient (Wildman–Crippen LogP) is 2.86. The molecule has 1 aliphatic carbocycles. The minimum Gasteiger partial charge on any atom is -0.474 e. The van der Waals surface area contributed by atoms with Crippen LogP contribution < -0.4 is 10.1 Å².